The number of urea groups is 1. The third kappa shape index (κ3) is 8.41. The Morgan fingerprint density at radius 3 is 2.05 bits per heavy atom. The van der Waals surface area contributed by atoms with Crippen LogP contribution in [0.4, 0.5) is 4.79 Å². The average Bonchev–Trinajstić information content (AvgIpc) is 2.27. The molecule has 0 aliphatic heterocycles. The number of rotatable bonds is 8. The molecular weight excluding hydrogens is 260 g/mol. The fraction of sp³-hybridized carbons (Fsp3) is 0.600. The van der Waals surface area contributed by atoms with Crippen molar-refractivity contribution < 1.29 is 34.1 Å². The summed E-state index contributed by atoms with van der Waals surface area (Å²) < 4.78 is 4.62. The lowest BCUT2D eigenvalue weighted by Crippen LogP contribution is -2.45. The van der Waals surface area contributed by atoms with Crippen molar-refractivity contribution in [1.29, 1.82) is 0 Å². The van der Waals surface area contributed by atoms with E-state index in [1.54, 1.807) is 6.92 Å². The van der Waals surface area contributed by atoms with Crippen LogP contribution in [0.2, 0.25) is 0 Å². The summed E-state index contributed by atoms with van der Waals surface area (Å²) in [6, 6.07) is -0.867. The maximum atomic E-state index is 11.5. The average molecular weight is 276 g/mol. The molecule has 0 saturated carbocycles. The van der Waals surface area contributed by atoms with Crippen molar-refractivity contribution >= 4 is 23.9 Å². The molecule has 0 heterocycles. The van der Waals surface area contributed by atoms with Gasteiger partial charge in [0, 0.05) is 6.54 Å². The fourth-order valence-electron chi connectivity index (χ4n) is 1.14. The molecule has 0 aromatic rings. The van der Waals surface area contributed by atoms with Crippen molar-refractivity contribution in [2.45, 2.75) is 13.3 Å². The third-order valence-electron chi connectivity index (χ3n) is 1.85. The van der Waals surface area contributed by atoms with Gasteiger partial charge in [-0.25, -0.2) is 4.79 Å². The number of hydrogen-bond donors (Lipinski definition) is 3. The topological polar surface area (TPSA) is 133 Å². The van der Waals surface area contributed by atoms with Crippen molar-refractivity contribution in [3.63, 3.8) is 0 Å². The predicted octanol–water partition coefficient (Wildman–Crippen LogP) is -0.880. The van der Waals surface area contributed by atoms with Gasteiger partial charge in [0.25, 0.3) is 0 Å². The van der Waals surface area contributed by atoms with Crippen LogP contribution in [-0.2, 0) is 19.1 Å². The number of carboxylic acids is 2. The summed E-state index contributed by atoms with van der Waals surface area (Å²) in [5, 5.41) is 19.3. The highest BCUT2D eigenvalue weighted by atomic mass is 16.5. The minimum absolute atomic E-state index is 0.0621. The number of ether oxygens (including phenoxy) is 1. The highest BCUT2D eigenvalue weighted by Crippen LogP contribution is 1.91. The first-order valence-corrected chi connectivity index (χ1v) is 5.48. The Hall–Kier alpha value is -2.32. The number of carboxylic acid groups (broad SMARTS) is 2. The van der Waals surface area contributed by atoms with E-state index in [1.165, 1.54) is 0 Å². The van der Waals surface area contributed by atoms with E-state index < -0.39 is 37.0 Å². The van der Waals surface area contributed by atoms with Gasteiger partial charge in [-0.3, -0.25) is 14.4 Å². The first-order valence-electron chi connectivity index (χ1n) is 5.48. The summed E-state index contributed by atoms with van der Waals surface area (Å²) in [5.41, 5.74) is 0. The predicted molar refractivity (Wildman–Crippen MR) is 61.5 cm³/mol. The molecule has 9 nitrogen and oxygen atoms in total. The van der Waals surface area contributed by atoms with Crippen molar-refractivity contribution in [2.24, 2.45) is 0 Å². The molecule has 108 valence electrons. The highest BCUT2D eigenvalue weighted by Gasteiger charge is 2.19. The number of nitrogens with one attached hydrogen (secondary N) is 1. The van der Waals surface area contributed by atoms with E-state index in [1.807, 2.05) is 0 Å². The summed E-state index contributed by atoms with van der Waals surface area (Å²) in [7, 11) is 0. The summed E-state index contributed by atoms with van der Waals surface area (Å²) in [6.45, 7) is 0.317. The van der Waals surface area contributed by atoms with E-state index in [2.05, 4.69) is 10.1 Å². The number of hydrogen-bond acceptors (Lipinski definition) is 5. The Labute approximate surface area is 109 Å². The summed E-state index contributed by atoms with van der Waals surface area (Å²) in [6.07, 6.45) is -0.0758. The Balaban J connectivity index is 4.20. The van der Waals surface area contributed by atoms with Gasteiger partial charge in [-0.1, -0.05) is 0 Å². The second-order valence-corrected chi connectivity index (χ2v) is 3.43. The smallest absolute Gasteiger partial charge is 0.323 e. The van der Waals surface area contributed by atoms with Crippen LogP contribution >= 0.6 is 0 Å². The van der Waals surface area contributed by atoms with E-state index in [0.29, 0.717) is 4.90 Å². The van der Waals surface area contributed by atoms with Gasteiger partial charge in [-0.2, -0.15) is 0 Å². The van der Waals surface area contributed by atoms with E-state index in [9.17, 15) is 19.2 Å². The van der Waals surface area contributed by atoms with Crippen molar-refractivity contribution in [3.05, 3.63) is 0 Å². The standard InChI is InChI=1S/C10H16N2O7/c1-2-19-9(17)3-4-11-10(18)12(5-7(13)14)6-8(15)16/h2-6H2,1H3,(H,11,18)(H,13,14)(H,15,16). The van der Waals surface area contributed by atoms with Crippen LogP contribution in [0.25, 0.3) is 0 Å². The molecule has 2 amide bonds. The first kappa shape index (κ1) is 16.7. The monoisotopic (exact) mass is 276 g/mol. The molecule has 0 aliphatic rings. The second-order valence-electron chi connectivity index (χ2n) is 3.43. The van der Waals surface area contributed by atoms with Gasteiger partial charge in [0.15, 0.2) is 0 Å². The molecule has 0 unspecified atom stereocenters. The largest absolute Gasteiger partial charge is 0.480 e. The van der Waals surface area contributed by atoms with E-state index in [-0.39, 0.29) is 19.6 Å². The van der Waals surface area contributed by atoms with Gasteiger partial charge in [0.2, 0.25) is 0 Å². The van der Waals surface area contributed by atoms with Gasteiger partial charge in [0.05, 0.1) is 13.0 Å². The van der Waals surface area contributed by atoms with Gasteiger partial charge in [-0.05, 0) is 6.92 Å². The summed E-state index contributed by atoms with van der Waals surface area (Å²) in [4.78, 5) is 44.0. The van der Waals surface area contributed by atoms with Crippen molar-refractivity contribution in [2.75, 3.05) is 26.2 Å². The Morgan fingerprint density at radius 1 is 1.11 bits per heavy atom. The molecule has 0 aromatic carbocycles. The molecule has 0 aromatic heterocycles. The second kappa shape index (κ2) is 8.72. The van der Waals surface area contributed by atoms with Crippen LogP contribution in [0.15, 0.2) is 0 Å². The maximum Gasteiger partial charge on any atom is 0.323 e. The molecule has 0 radical (unpaired) electrons. The zero-order valence-corrected chi connectivity index (χ0v) is 10.4. The fourth-order valence-corrected chi connectivity index (χ4v) is 1.14. The van der Waals surface area contributed by atoms with Gasteiger partial charge >= 0.3 is 23.9 Å². The van der Waals surface area contributed by atoms with Crippen molar-refractivity contribution in [3.8, 4) is 0 Å². The van der Waals surface area contributed by atoms with Crippen molar-refractivity contribution in [1.82, 2.24) is 10.2 Å². The lowest BCUT2D eigenvalue weighted by molar-refractivity contribution is -0.143. The van der Waals surface area contributed by atoms with Crippen LogP contribution in [0.1, 0.15) is 13.3 Å². The Morgan fingerprint density at radius 2 is 1.63 bits per heavy atom. The maximum absolute atomic E-state index is 11.5. The zero-order chi connectivity index (χ0) is 14.8. The minimum Gasteiger partial charge on any atom is -0.480 e. The summed E-state index contributed by atoms with van der Waals surface area (Å²) in [5.74, 6) is -3.17. The molecule has 0 aliphatic carbocycles. The summed E-state index contributed by atoms with van der Waals surface area (Å²) >= 11 is 0. The van der Waals surface area contributed by atoms with Gasteiger partial charge in [-0.15, -0.1) is 0 Å². The zero-order valence-electron chi connectivity index (χ0n) is 10.4. The number of carbonyl (C=O) groups excluding carboxylic acids is 2. The molecule has 3 N–H and O–H groups in total. The molecule has 9 heteroatoms. The number of carbonyl (C=O) groups is 4. The number of esters is 1. The van der Waals surface area contributed by atoms with E-state index in [4.69, 9.17) is 10.2 Å². The molecule has 0 fully saturated rings. The normalized spacial score (nSPS) is 9.53. The van der Waals surface area contributed by atoms with Gasteiger partial charge in [0.1, 0.15) is 13.1 Å². The SMILES string of the molecule is CCOC(=O)CCNC(=O)N(CC(=O)O)CC(=O)O. The Bertz CT molecular complexity index is 340. The lowest BCUT2D eigenvalue weighted by Gasteiger charge is -2.18. The number of amides is 2. The Kier molecular flexibility index (Phi) is 7.66. The molecule has 0 atom stereocenters. The van der Waals surface area contributed by atoms with Crippen LogP contribution in [-0.4, -0.2) is 65.3 Å². The quantitative estimate of drug-likeness (QED) is 0.490. The van der Waals surface area contributed by atoms with Crippen LogP contribution in [0.5, 0.6) is 0 Å². The molecule has 0 saturated heterocycles. The lowest BCUT2D eigenvalue weighted by atomic mass is 10.4. The molecule has 19 heavy (non-hydrogen) atoms. The number of aliphatic carboxylic acids is 2. The van der Waals surface area contributed by atoms with Crippen LogP contribution < -0.4 is 5.32 Å². The highest BCUT2D eigenvalue weighted by molar-refractivity contribution is 5.84. The number of nitrogens with zero attached hydrogens (tertiary/aromatic N) is 1. The minimum atomic E-state index is -1.33. The van der Waals surface area contributed by atoms with Crippen LogP contribution in [0.3, 0.4) is 0 Å². The van der Waals surface area contributed by atoms with Gasteiger partial charge < -0.3 is 25.2 Å². The molecule has 0 rings (SSSR count). The molecule has 0 spiro atoms. The third-order valence-corrected chi connectivity index (χ3v) is 1.85. The molecule has 0 bridgehead atoms. The van der Waals surface area contributed by atoms with E-state index in [0.717, 1.165) is 0 Å². The molecular formula is C10H16N2O7. The van der Waals surface area contributed by atoms with Crippen LogP contribution in [0, 0.1) is 0 Å². The van der Waals surface area contributed by atoms with E-state index >= 15 is 0 Å². The first-order chi connectivity index (χ1) is 8.86.